The molecule has 15 heteroatoms. The van der Waals surface area contributed by atoms with Crippen LogP contribution in [0.15, 0.2) is 0 Å². The van der Waals surface area contributed by atoms with Gasteiger partial charge in [-0.2, -0.15) is 0 Å². The van der Waals surface area contributed by atoms with Gasteiger partial charge in [-0.25, -0.2) is 0 Å². The molecule has 0 aromatic carbocycles. The largest absolute Gasteiger partial charge is 0.550 e. The van der Waals surface area contributed by atoms with Crippen molar-refractivity contribution in [3.05, 3.63) is 0 Å². The SMILES string of the molecule is CCCCCCCCCC(CCCCCCCCCCCC(=O)[O-])O[C@@H]1O[C@H](COC(C)=O)[C@@H](O)[C@H](O)[C@H]1O[C@@H]1O[C@H](COC(C)=O)[C@@H](O)[C@H](O)[C@H]1O. The van der Waals surface area contributed by atoms with Gasteiger partial charge in [0.1, 0.15) is 62.0 Å². The van der Waals surface area contributed by atoms with Crippen molar-refractivity contribution in [2.24, 2.45) is 0 Å². The highest BCUT2D eigenvalue weighted by atomic mass is 16.8. The smallest absolute Gasteiger partial charge is 0.302 e. The number of aliphatic carboxylic acids is 1. The van der Waals surface area contributed by atoms with Gasteiger partial charge in [0.05, 0.1) is 6.10 Å². The van der Waals surface area contributed by atoms with Crippen molar-refractivity contribution >= 4 is 17.9 Å². The molecule has 2 heterocycles. The number of carbonyl (C=O) groups is 3. The summed E-state index contributed by atoms with van der Waals surface area (Å²) in [4.78, 5) is 33.6. The number of rotatable bonds is 28. The Morgan fingerprint density at radius 1 is 0.585 bits per heavy atom. The molecule has 0 aromatic rings. The molecule has 0 amide bonds. The van der Waals surface area contributed by atoms with E-state index in [1.807, 2.05) is 0 Å². The first kappa shape index (κ1) is 47.2. The minimum Gasteiger partial charge on any atom is -0.550 e. The van der Waals surface area contributed by atoms with Crippen molar-refractivity contribution < 1.29 is 73.4 Å². The number of esters is 2. The Bertz CT molecular complexity index is 1010. The lowest BCUT2D eigenvalue weighted by Gasteiger charge is -2.46. The number of carboxylic acid groups (broad SMARTS) is 1. The summed E-state index contributed by atoms with van der Waals surface area (Å²) >= 11 is 0. The van der Waals surface area contributed by atoms with E-state index in [-0.39, 0.29) is 19.1 Å². The highest BCUT2D eigenvalue weighted by molar-refractivity contribution is 5.66. The third kappa shape index (κ3) is 18.5. The van der Waals surface area contributed by atoms with Crippen LogP contribution in [0.2, 0.25) is 0 Å². The Morgan fingerprint density at radius 2 is 1.02 bits per heavy atom. The van der Waals surface area contributed by atoms with Crippen molar-refractivity contribution in [3.8, 4) is 0 Å². The van der Waals surface area contributed by atoms with Crippen LogP contribution in [0.3, 0.4) is 0 Å². The van der Waals surface area contributed by atoms with Crippen LogP contribution in [-0.4, -0.2) is 124 Å². The highest BCUT2D eigenvalue weighted by Gasteiger charge is 2.51. The summed E-state index contributed by atoms with van der Waals surface area (Å²) in [6, 6.07) is 0. The predicted octanol–water partition coefficient (Wildman–Crippen LogP) is 2.32. The molecule has 5 N–H and O–H groups in total. The maximum absolute atomic E-state index is 11.6. The Balaban J connectivity index is 2.13. The summed E-state index contributed by atoms with van der Waals surface area (Å²) in [5, 5.41) is 64.6. The summed E-state index contributed by atoms with van der Waals surface area (Å²) in [5.41, 5.74) is 0. The fourth-order valence-corrected chi connectivity index (χ4v) is 6.70. The monoisotopic (exact) mass is 763 g/mol. The first-order valence-corrected chi connectivity index (χ1v) is 19.8. The third-order valence-electron chi connectivity index (χ3n) is 9.87. The summed E-state index contributed by atoms with van der Waals surface area (Å²) in [6.45, 7) is 3.74. The molecule has 15 nitrogen and oxygen atoms in total. The van der Waals surface area contributed by atoms with Gasteiger partial charge in [0.15, 0.2) is 12.6 Å². The van der Waals surface area contributed by atoms with Crippen LogP contribution in [0.5, 0.6) is 0 Å². The molecule has 0 radical (unpaired) electrons. The maximum atomic E-state index is 11.6. The quantitative estimate of drug-likeness (QED) is 0.0569. The molecule has 0 spiro atoms. The van der Waals surface area contributed by atoms with Crippen LogP contribution in [0.4, 0.5) is 0 Å². The van der Waals surface area contributed by atoms with Gasteiger partial charge in [0, 0.05) is 19.8 Å². The summed E-state index contributed by atoms with van der Waals surface area (Å²) in [6.07, 6.45) is 2.20. The van der Waals surface area contributed by atoms with Gasteiger partial charge >= 0.3 is 11.9 Å². The number of aliphatic hydroxyl groups excluding tert-OH is 5. The van der Waals surface area contributed by atoms with E-state index in [2.05, 4.69) is 6.92 Å². The number of unbranched alkanes of at least 4 members (excludes halogenated alkanes) is 14. The highest BCUT2D eigenvalue weighted by Crippen LogP contribution is 2.32. The van der Waals surface area contributed by atoms with Crippen LogP contribution in [-0.2, 0) is 42.8 Å². The topological polar surface area (TPSA) is 231 Å². The molecule has 0 saturated carbocycles. The van der Waals surface area contributed by atoms with E-state index in [1.165, 1.54) is 26.2 Å². The lowest BCUT2D eigenvalue weighted by atomic mass is 9.97. The van der Waals surface area contributed by atoms with Gasteiger partial charge in [-0.1, -0.05) is 103 Å². The number of ether oxygens (including phenoxy) is 6. The normalized spacial score (nSPS) is 29.4. The average molecular weight is 764 g/mol. The molecule has 0 aliphatic carbocycles. The molecule has 11 atom stereocenters. The van der Waals surface area contributed by atoms with Gasteiger partial charge < -0.3 is 63.9 Å². The first-order valence-electron chi connectivity index (χ1n) is 19.8. The Kier molecular flexibility index (Phi) is 23.9. The van der Waals surface area contributed by atoms with Crippen LogP contribution in [0.25, 0.3) is 0 Å². The van der Waals surface area contributed by atoms with Crippen molar-refractivity contribution in [2.75, 3.05) is 13.2 Å². The molecule has 2 aliphatic heterocycles. The molecule has 0 aromatic heterocycles. The molecule has 2 rings (SSSR count). The van der Waals surface area contributed by atoms with E-state index < -0.39 is 85.9 Å². The zero-order chi connectivity index (χ0) is 39.2. The van der Waals surface area contributed by atoms with E-state index in [0.717, 1.165) is 84.0 Å². The Hall–Kier alpha value is -1.95. The second-order valence-corrected chi connectivity index (χ2v) is 14.5. The second kappa shape index (κ2) is 26.8. The fourth-order valence-electron chi connectivity index (χ4n) is 6.70. The van der Waals surface area contributed by atoms with Crippen LogP contribution in [0.1, 0.15) is 143 Å². The molecule has 1 unspecified atom stereocenters. The number of hydrogen-bond donors (Lipinski definition) is 5. The zero-order valence-corrected chi connectivity index (χ0v) is 32.0. The Morgan fingerprint density at radius 3 is 1.49 bits per heavy atom. The number of carbonyl (C=O) groups excluding carboxylic acids is 3. The van der Waals surface area contributed by atoms with Crippen LogP contribution in [0, 0.1) is 0 Å². The fraction of sp³-hybridized carbons (Fsp3) is 0.921. The second-order valence-electron chi connectivity index (χ2n) is 14.5. The predicted molar refractivity (Wildman–Crippen MR) is 189 cm³/mol. The molecule has 2 fully saturated rings. The van der Waals surface area contributed by atoms with Gasteiger partial charge in [-0.05, 0) is 25.7 Å². The number of carboxylic acids is 1. The van der Waals surface area contributed by atoms with Crippen molar-refractivity contribution in [3.63, 3.8) is 0 Å². The molecular weight excluding hydrogens is 696 g/mol. The summed E-state index contributed by atoms with van der Waals surface area (Å²) in [5.74, 6) is -2.26. The van der Waals surface area contributed by atoms with Crippen molar-refractivity contribution in [1.29, 1.82) is 0 Å². The lowest BCUT2D eigenvalue weighted by molar-refractivity contribution is -0.372. The summed E-state index contributed by atoms with van der Waals surface area (Å²) < 4.78 is 34.3. The average Bonchev–Trinajstić information content (AvgIpc) is 3.11. The molecule has 0 bridgehead atoms. The van der Waals surface area contributed by atoms with Gasteiger partial charge in [-0.3, -0.25) is 9.59 Å². The third-order valence-corrected chi connectivity index (χ3v) is 9.87. The first-order chi connectivity index (χ1) is 25.3. The standard InChI is InChI=1S/C38H68O15/c1-4-5-6-7-11-14-17-20-27(21-18-15-12-9-8-10-13-16-19-22-30(41)42)50-38-36(34(46)32(44)29(52-38)24-49-26(3)40)53-37-35(47)33(45)31(43)28(51-37)23-48-25(2)39/h27-29,31-38,43-47H,4-24H2,1-3H3,(H,41,42)/p-1/t27?,28-,29-,31-,32-,33+,34+,35-,36-,37+,38-/m1/s1. The van der Waals surface area contributed by atoms with Gasteiger partial charge in [0.25, 0.3) is 0 Å². The van der Waals surface area contributed by atoms with Crippen LogP contribution < -0.4 is 5.11 Å². The van der Waals surface area contributed by atoms with Crippen LogP contribution >= 0.6 is 0 Å². The molecule has 2 saturated heterocycles. The van der Waals surface area contributed by atoms with Gasteiger partial charge in [0.2, 0.25) is 0 Å². The van der Waals surface area contributed by atoms with Crippen molar-refractivity contribution in [2.45, 2.75) is 210 Å². The van der Waals surface area contributed by atoms with Crippen molar-refractivity contribution in [1.82, 2.24) is 0 Å². The van der Waals surface area contributed by atoms with E-state index in [4.69, 9.17) is 28.4 Å². The maximum Gasteiger partial charge on any atom is 0.302 e. The zero-order valence-electron chi connectivity index (χ0n) is 32.0. The molecule has 310 valence electrons. The van der Waals surface area contributed by atoms with E-state index in [0.29, 0.717) is 19.3 Å². The molecule has 53 heavy (non-hydrogen) atoms. The van der Waals surface area contributed by atoms with E-state index >= 15 is 0 Å². The Labute approximate surface area is 314 Å². The van der Waals surface area contributed by atoms with Gasteiger partial charge in [-0.15, -0.1) is 0 Å². The van der Waals surface area contributed by atoms with E-state index in [9.17, 15) is 45.0 Å². The number of aliphatic hydroxyl groups is 5. The minimum atomic E-state index is -1.78. The summed E-state index contributed by atoms with van der Waals surface area (Å²) in [7, 11) is 0. The number of hydrogen-bond acceptors (Lipinski definition) is 15. The minimum absolute atomic E-state index is 0.106. The lowest BCUT2D eigenvalue weighted by Crippen LogP contribution is -2.65. The van der Waals surface area contributed by atoms with E-state index in [1.54, 1.807) is 0 Å². The molecule has 2 aliphatic rings. The molecular formula is C38H67O15-.